The number of hydrogen-bond acceptors (Lipinski definition) is 17. The van der Waals surface area contributed by atoms with E-state index in [1.807, 2.05) is 173 Å². The fourth-order valence-electron chi connectivity index (χ4n) is 12.3. The Morgan fingerprint density at radius 2 is 0.705 bits per heavy atom. The highest BCUT2D eigenvalue weighted by molar-refractivity contribution is 5.84. The molecule has 95 heavy (non-hydrogen) atoms. The van der Waals surface area contributed by atoms with Gasteiger partial charge in [-0.3, -0.25) is 19.2 Å². The zero-order chi connectivity index (χ0) is 70.8. The van der Waals surface area contributed by atoms with Gasteiger partial charge < -0.3 is 67.4 Å². The van der Waals surface area contributed by atoms with Crippen LogP contribution < -0.4 is 24.3 Å². The van der Waals surface area contributed by atoms with Gasteiger partial charge in [-0.25, -0.2) is 14.4 Å². The SMILES string of the molecule is COc1cc(CC(C(=O)NCCOc2cc(C[C@H](C(=O)OC(C)(C)C)[C@H]3CCN(C(=O)OC(C)(C)C)C3)cc(OC)c2)c2cc(C[C@H](C(=O)OC(C)(C)C)[C@H]3CCN(C(=O)OC(C)(C)C)C3)cc(OC)c2)cc(C[C@H](C(=O)OC(C)(C)C)[C@H]2CCN(C(=O)OC(C)(C)C)C2)c1. The number of carbonyl (C=O) groups is 7. The van der Waals surface area contributed by atoms with Gasteiger partial charge in [0, 0.05) is 45.3 Å². The lowest BCUT2D eigenvalue weighted by Crippen LogP contribution is -2.38. The molecule has 1 N–H and O–H groups in total. The van der Waals surface area contributed by atoms with Gasteiger partial charge in [-0.2, -0.15) is 0 Å². The molecule has 21 heteroatoms. The summed E-state index contributed by atoms with van der Waals surface area (Å²) >= 11 is 0. The number of hydrogen-bond donors (Lipinski definition) is 1. The van der Waals surface area contributed by atoms with Gasteiger partial charge in [0.05, 0.1) is 51.5 Å². The predicted molar refractivity (Wildman–Crippen MR) is 361 cm³/mol. The van der Waals surface area contributed by atoms with E-state index in [0.29, 0.717) is 91.7 Å². The number of carbonyl (C=O) groups excluding carboxylic acids is 7. The van der Waals surface area contributed by atoms with Gasteiger partial charge in [-0.1, -0.05) is 12.1 Å². The lowest BCUT2D eigenvalue weighted by molar-refractivity contribution is -0.163. The van der Waals surface area contributed by atoms with Gasteiger partial charge >= 0.3 is 36.2 Å². The normalized spacial score (nSPS) is 18.4. The molecular weight excluding hydrogens is 1220 g/mol. The number of esters is 3. The molecule has 3 heterocycles. The average Bonchev–Trinajstić information content (AvgIpc) is 1.82. The maximum Gasteiger partial charge on any atom is 0.410 e. The van der Waals surface area contributed by atoms with E-state index in [4.69, 9.17) is 47.4 Å². The highest BCUT2D eigenvalue weighted by Crippen LogP contribution is 2.38. The maximum atomic E-state index is 15.3. The third-order valence-electron chi connectivity index (χ3n) is 16.3. The molecule has 0 spiro atoms. The van der Waals surface area contributed by atoms with Gasteiger partial charge in [-0.05, 0) is 252 Å². The van der Waals surface area contributed by atoms with E-state index in [1.165, 1.54) is 0 Å². The molecule has 6 rings (SSSR count). The van der Waals surface area contributed by atoms with Crippen LogP contribution >= 0.6 is 0 Å². The Morgan fingerprint density at radius 3 is 1.05 bits per heavy atom. The topological polar surface area (TPSA) is 234 Å². The first-order valence-corrected chi connectivity index (χ1v) is 33.5. The van der Waals surface area contributed by atoms with E-state index in [-0.39, 0.29) is 75.0 Å². The second-order valence-corrected chi connectivity index (χ2v) is 31.7. The van der Waals surface area contributed by atoms with Crippen LogP contribution in [0.2, 0.25) is 0 Å². The van der Waals surface area contributed by atoms with Crippen LogP contribution in [0.15, 0.2) is 54.6 Å². The van der Waals surface area contributed by atoms with Crippen molar-refractivity contribution < 1.29 is 80.9 Å². The van der Waals surface area contributed by atoms with Gasteiger partial charge in [0.25, 0.3) is 0 Å². The first-order valence-electron chi connectivity index (χ1n) is 33.5. The first-order chi connectivity index (χ1) is 44.0. The first kappa shape index (κ1) is 76.6. The van der Waals surface area contributed by atoms with Crippen molar-refractivity contribution in [2.75, 3.05) is 73.7 Å². The summed E-state index contributed by atoms with van der Waals surface area (Å²) < 4.78 is 59.3. The van der Waals surface area contributed by atoms with E-state index in [0.717, 1.165) is 11.1 Å². The van der Waals surface area contributed by atoms with Crippen LogP contribution in [0.1, 0.15) is 178 Å². The van der Waals surface area contributed by atoms with Crippen molar-refractivity contribution >= 4 is 42.1 Å². The highest BCUT2D eigenvalue weighted by atomic mass is 16.6. The Bertz CT molecular complexity index is 3160. The van der Waals surface area contributed by atoms with E-state index in [2.05, 4.69) is 5.32 Å². The van der Waals surface area contributed by atoms with Gasteiger partial charge in [0.1, 0.15) is 63.2 Å². The third-order valence-corrected chi connectivity index (χ3v) is 16.3. The van der Waals surface area contributed by atoms with E-state index >= 15 is 4.79 Å². The minimum atomic E-state index is -0.896. The Morgan fingerprint density at radius 1 is 0.400 bits per heavy atom. The molecule has 0 bridgehead atoms. The minimum absolute atomic E-state index is 0.0263. The molecule has 0 radical (unpaired) electrons. The highest BCUT2D eigenvalue weighted by Gasteiger charge is 2.43. The number of methoxy groups -OCH3 is 3. The lowest BCUT2D eigenvalue weighted by atomic mass is 9.83. The molecular formula is C74H110N4O17. The molecule has 1 unspecified atom stereocenters. The predicted octanol–water partition coefficient (Wildman–Crippen LogP) is 12.5. The summed E-state index contributed by atoms with van der Waals surface area (Å²) in [6, 6.07) is 16.7. The summed E-state index contributed by atoms with van der Waals surface area (Å²) in [5.41, 5.74) is -0.973. The number of likely N-dealkylation sites (tertiary alicyclic amines) is 3. The fourth-order valence-corrected chi connectivity index (χ4v) is 12.3. The number of benzene rings is 3. The smallest absolute Gasteiger partial charge is 0.410 e. The quantitative estimate of drug-likeness (QED) is 0.0528. The monoisotopic (exact) mass is 1330 g/mol. The van der Waals surface area contributed by atoms with Crippen molar-refractivity contribution in [2.45, 2.75) is 209 Å². The molecule has 3 aliphatic rings. The van der Waals surface area contributed by atoms with E-state index in [9.17, 15) is 28.8 Å². The van der Waals surface area contributed by atoms with Crippen LogP contribution in [0.4, 0.5) is 14.4 Å². The summed E-state index contributed by atoms with van der Waals surface area (Å²) in [4.78, 5) is 103. The summed E-state index contributed by atoms with van der Waals surface area (Å²) in [5, 5.41) is 3.14. The Balaban J connectivity index is 1.34. The Hall–Kier alpha value is -7.45. The molecule has 7 atom stereocenters. The van der Waals surface area contributed by atoms with Crippen LogP contribution in [0.25, 0.3) is 0 Å². The van der Waals surface area contributed by atoms with Crippen molar-refractivity contribution in [1.82, 2.24) is 20.0 Å². The molecule has 3 aliphatic heterocycles. The number of nitrogens with one attached hydrogen (secondary N) is 1. The van der Waals surface area contributed by atoms with Crippen LogP contribution in [0.5, 0.6) is 23.0 Å². The van der Waals surface area contributed by atoms with Crippen molar-refractivity contribution in [3.05, 3.63) is 82.4 Å². The van der Waals surface area contributed by atoms with Crippen molar-refractivity contribution in [3.63, 3.8) is 0 Å². The van der Waals surface area contributed by atoms with Crippen molar-refractivity contribution in [3.8, 4) is 23.0 Å². The number of amides is 4. The standard InChI is InChI=1S/C74H110N4O17/c1-69(2,3)90-63(80)59(50-22-26-76(43-50)66(83)93-72(10,11)12)38-47-30-46(32-54(33-47)86-19)37-58(53-31-48(34-55(41-53)87-20)39-60(64(81)91-70(4,5)6)51-23-27-77(44-51)67(84)94-73(13,14)15)62(79)75-25-29-89-57-36-49(35-56(42-57)88-21)40-61(65(82)92-71(7,8)9)52-24-28-78(45-52)68(85)95-74(16,17)18/h30-36,41-42,50-52,58-61H,22-29,37-40,43-45H2,1-21H3,(H,75,79)/t50-,51-,52-,58?,59-,60-,61-/m0/s1. The van der Waals surface area contributed by atoms with Crippen molar-refractivity contribution in [1.29, 1.82) is 0 Å². The maximum absolute atomic E-state index is 15.3. The van der Waals surface area contributed by atoms with E-state index < -0.39 is 87.5 Å². The average molecular weight is 1330 g/mol. The largest absolute Gasteiger partial charge is 0.497 e. The summed E-state index contributed by atoms with van der Waals surface area (Å²) in [7, 11) is 4.64. The second-order valence-electron chi connectivity index (χ2n) is 31.7. The van der Waals surface area contributed by atoms with Gasteiger partial charge in [0.15, 0.2) is 0 Å². The zero-order valence-corrected chi connectivity index (χ0v) is 60.6. The minimum Gasteiger partial charge on any atom is -0.497 e. The molecule has 528 valence electrons. The molecule has 3 aromatic rings. The fraction of sp³-hybridized carbons (Fsp3) is 0.662. The van der Waals surface area contributed by atoms with Gasteiger partial charge in [-0.15, -0.1) is 0 Å². The second kappa shape index (κ2) is 31.6. The summed E-state index contributed by atoms with van der Waals surface area (Å²) in [6.07, 6.45) is 1.15. The number of ether oxygens (including phenoxy) is 10. The summed E-state index contributed by atoms with van der Waals surface area (Å²) in [5.74, 6) is -3.31. The number of rotatable bonds is 23. The molecule has 3 saturated heterocycles. The van der Waals surface area contributed by atoms with Crippen LogP contribution in [0.3, 0.4) is 0 Å². The number of nitrogens with zero attached hydrogens (tertiary/aromatic N) is 3. The van der Waals surface area contributed by atoms with Crippen LogP contribution in [-0.2, 0) is 73.3 Å². The van der Waals surface area contributed by atoms with Crippen LogP contribution in [0, 0.1) is 35.5 Å². The Kier molecular flexibility index (Phi) is 25.5. The molecule has 3 fully saturated rings. The Labute approximate surface area is 564 Å². The van der Waals surface area contributed by atoms with Gasteiger partial charge in [0.2, 0.25) is 5.91 Å². The van der Waals surface area contributed by atoms with Crippen molar-refractivity contribution in [2.24, 2.45) is 35.5 Å². The molecule has 0 aliphatic carbocycles. The molecule has 0 saturated carbocycles. The molecule has 3 aromatic carbocycles. The molecule has 21 nitrogen and oxygen atoms in total. The summed E-state index contributed by atoms with van der Waals surface area (Å²) in [6.45, 7) is 34.9. The van der Waals surface area contributed by atoms with E-state index in [1.54, 1.807) is 42.1 Å². The molecule has 0 aromatic heterocycles. The van der Waals surface area contributed by atoms with Crippen LogP contribution in [-0.4, -0.2) is 164 Å². The molecule has 4 amide bonds. The zero-order valence-electron chi connectivity index (χ0n) is 60.6. The lowest BCUT2D eigenvalue weighted by Gasteiger charge is -2.28. The third kappa shape index (κ3) is 24.6.